The number of rotatable bonds is 27. The van der Waals surface area contributed by atoms with Crippen molar-refractivity contribution in [1.29, 1.82) is 0 Å². The van der Waals surface area contributed by atoms with E-state index in [2.05, 4.69) is 12.2 Å². The standard InChI is InChI=1S/C27H56NO5P/c1-4-5-6-7-8-9-10-11-12-13-14-15-16-17-18-19-20-21-27(24-26(2)29)25-33-34(30,31)32-23-22-28-3/h27-28H,4-25H2,1-3H3,(H,30,31). The van der Waals surface area contributed by atoms with Crippen molar-refractivity contribution in [2.24, 2.45) is 5.92 Å². The van der Waals surface area contributed by atoms with Gasteiger partial charge >= 0.3 is 7.82 Å². The number of unbranched alkanes of at least 4 members (excludes halogenated alkanes) is 16. The third-order valence-corrected chi connectivity index (χ3v) is 7.36. The maximum atomic E-state index is 11.9. The molecule has 0 aliphatic rings. The predicted octanol–water partition coefficient (Wildman–Crippen LogP) is 7.98. The van der Waals surface area contributed by atoms with Gasteiger partial charge in [-0.05, 0) is 26.3 Å². The fourth-order valence-electron chi connectivity index (χ4n) is 4.31. The lowest BCUT2D eigenvalue weighted by molar-refractivity contribution is -0.118. The van der Waals surface area contributed by atoms with Crippen molar-refractivity contribution in [3.63, 3.8) is 0 Å². The second kappa shape index (κ2) is 24.4. The Balaban J connectivity index is 3.64. The van der Waals surface area contributed by atoms with Crippen LogP contribution in [0.15, 0.2) is 0 Å². The van der Waals surface area contributed by atoms with Crippen LogP contribution in [0.5, 0.6) is 0 Å². The van der Waals surface area contributed by atoms with Gasteiger partial charge in [0.05, 0.1) is 13.2 Å². The Bertz CT molecular complexity index is 503. The predicted molar refractivity (Wildman–Crippen MR) is 143 cm³/mol. The largest absolute Gasteiger partial charge is 0.472 e. The van der Waals surface area contributed by atoms with Gasteiger partial charge in [0.1, 0.15) is 5.78 Å². The average molecular weight is 506 g/mol. The number of phosphoric acid groups is 1. The summed E-state index contributed by atoms with van der Waals surface area (Å²) in [5, 5.41) is 2.85. The van der Waals surface area contributed by atoms with Crippen molar-refractivity contribution in [2.75, 3.05) is 26.8 Å². The molecule has 0 radical (unpaired) electrons. The molecule has 0 aromatic rings. The van der Waals surface area contributed by atoms with E-state index in [1.165, 1.54) is 96.3 Å². The molecule has 0 heterocycles. The van der Waals surface area contributed by atoms with Crippen LogP contribution in [-0.2, 0) is 18.4 Å². The van der Waals surface area contributed by atoms with Gasteiger partial charge < -0.3 is 15.0 Å². The van der Waals surface area contributed by atoms with Crippen LogP contribution >= 0.6 is 7.82 Å². The van der Waals surface area contributed by atoms with Gasteiger partial charge in [-0.25, -0.2) is 4.57 Å². The molecule has 0 rings (SSSR count). The number of Topliss-reactive ketones (excluding diaryl/α,β-unsaturated/α-hetero) is 1. The molecule has 204 valence electrons. The first-order valence-corrected chi connectivity index (χ1v) is 15.7. The van der Waals surface area contributed by atoms with E-state index in [1.54, 1.807) is 14.0 Å². The maximum Gasteiger partial charge on any atom is 0.472 e. The molecule has 0 bridgehead atoms. The Morgan fingerprint density at radius 2 is 1.24 bits per heavy atom. The summed E-state index contributed by atoms with van der Waals surface area (Å²) >= 11 is 0. The molecule has 0 spiro atoms. The van der Waals surface area contributed by atoms with E-state index < -0.39 is 7.82 Å². The van der Waals surface area contributed by atoms with Crippen molar-refractivity contribution < 1.29 is 23.3 Å². The lowest BCUT2D eigenvalue weighted by Crippen LogP contribution is -2.16. The molecule has 0 amide bonds. The van der Waals surface area contributed by atoms with E-state index in [0.29, 0.717) is 13.0 Å². The van der Waals surface area contributed by atoms with Gasteiger partial charge in [0.2, 0.25) is 0 Å². The van der Waals surface area contributed by atoms with Crippen molar-refractivity contribution in [3.8, 4) is 0 Å². The van der Waals surface area contributed by atoms with Gasteiger partial charge in [0, 0.05) is 13.0 Å². The average Bonchev–Trinajstić information content (AvgIpc) is 2.79. The summed E-state index contributed by atoms with van der Waals surface area (Å²) in [6, 6.07) is 0. The Morgan fingerprint density at radius 1 is 0.794 bits per heavy atom. The van der Waals surface area contributed by atoms with E-state index in [-0.39, 0.29) is 24.9 Å². The van der Waals surface area contributed by atoms with Gasteiger partial charge in [-0.2, -0.15) is 0 Å². The molecule has 34 heavy (non-hydrogen) atoms. The van der Waals surface area contributed by atoms with Crippen LogP contribution < -0.4 is 5.32 Å². The first-order valence-electron chi connectivity index (χ1n) is 14.2. The fourth-order valence-corrected chi connectivity index (χ4v) is 5.10. The highest BCUT2D eigenvalue weighted by Crippen LogP contribution is 2.43. The molecular weight excluding hydrogens is 449 g/mol. The molecule has 2 unspecified atom stereocenters. The van der Waals surface area contributed by atoms with Gasteiger partial charge in [0.15, 0.2) is 0 Å². The summed E-state index contributed by atoms with van der Waals surface area (Å²) in [4.78, 5) is 21.3. The van der Waals surface area contributed by atoms with Crippen LogP contribution in [-0.4, -0.2) is 37.5 Å². The van der Waals surface area contributed by atoms with Gasteiger partial charge in [-0.15, -0.1) is 0 Å². The van der Waals surface area contributed by atoms with Gasteiger partial charge in [0.25, 0.3) is 0 Å². The van der Waals surface area contributed by atoms with Crippen molar-refractivity contribution in [1.82, 2.24) is 5.32 Å². The number of phosphoric ester groups is 1. The van der Waals surface area contributed by atoms with Crippen molar-refractivity contribution >= 4 is 13.6 Å². The Labute approximate surface area is 211 Å². The first kappa shape index (κ1) is 33.7. The minimum Gasteiger partial charge on any atom is -0.317 e. The summed E-state index contributed by atoms with van der Waals surface area (Å²) in [5.74, 6) is 0.0617. The first-order chi connectivity index (χ1) is 16.4. The molecule has 0 saturated carbocycles. The quantitative estimate of drug-likeness (QED) is 0.0869. The van der Waals surface area contributed by atoms with E-state index in [0.717, 1.165) is 19.3 Å². The van der Waals surface area contributed by atoms with Crippen LogP contribution in [0.25, 0.3) is 0 Å². The molecule has 6 nitrogen and oxygen atoms in total. The molecule has 0 saturated heterocycles. The Hall–Kier alpha value is -0.260. The van der Waals surface area contributed by atoms with Crippen LogP contribution in [0, 0.1) is 5.92 Å². The highest BCUT2D eigenvalue weighted by Gasteiger charge is 2.23. The zero-order chi connectivity index (χ0) is 25.3. The van der Waals surface area contributed by atoms with E-state index in [1.807, 2.05) is 0 Å². The van der Waals surface area contributed by atoms with E-state index in [9.17, 15) is 14.3 Å². The fraction of sp³-hybridized carbons (Fsp3) is 0.963. The van der Waals surface area contributed by atoms with E-state index >= 15 is 0 Å². The van der Waals surface area contributed by atoms with Gasteiger partial charge in [-0.3, -0.25) is 9.05 Å². The second-order valence-electron chi connectivity index (χ2n) is 9.92. The number of carbonyl (C=O) groups is 1. The molecule has 0 aliphatic carbocycles. The van der Waals surface area contributed by atoms with Crippen LogP contribution in [0.4, 0.5) is 0 Å². The molecule has 0 aromatic carbocycles. The highest BCUT2D eigenvalue weighted by atomic mass is 31.2. The summed E-state index contributed by atoms with van der Waals surface area (Å²) in [6.07, 6.45) is 24.0. The molecule has 0 fully saturated rings. The Kier molecular flexibility index (Phi) is 24.2. The monoisotopic (exact) mass is 505 g/mol. The van der Waals surface area contributed by atoms with Crippen LogP contribution in [0.3, 0.4) is 0 Å². The highest BCUT2D eigenvalue weighted by molar-refractivity contribution is 7.47. The lowest BCUT2D eigenvalue weighted by Gasteiger charge is -2.18. The number of ketones is 1. The molecule has 0 aromatic heterocycles. The third-order valence-electron chi connectivity index (χ3n) is 6.37. The number of hydrogen-bond donors (Lipinski definition) is 2. The molecular formula is C27H56NO5P. The SMILES string of the molecule is CCCCCCCCCCCCCCCCCCCC(COP(=O)(O)OCCNC)CC(C)=O. The summed E-state index contributed by atoms with van der Waals surface area (Å²) in [5.41, 5.74) is 0. The summed E-state index contributed by atoms with van der Waals surface area (Å²) in [6.45, 7) is 4.51. The minimum absolute atomic E-state index is 0.0257. The zero-order valence-corrected chi connectivity index (χ0v) is 23.6. The Morgan fingerprint density at radius 3 is 1.65 bits per heavy atom. The minimum atomic E-state index is -4.05. The summed E-state index contributed by atoms with van der Waals surface area (Å²) in [7, 11) is -2.30. The van der Waals surface area contributed by atoms with Crippen molar-refractivity contribution in [2.45, 2.75) is 136 Å². The third kappa shape index (κ3) is 24.9. The number of likely N-dealkylation sites (N-methyl/N-ethyl adjacent to an activating group) is 1. The van der Waals surface area contributed by atoms with Crippen molar-refractivity contribution in [3.05, 3.63) is 0 Å². The molecule has 0 aliphatic heterocycles. The summed E-state index contributed by atoms with van der Waals surface area (Å²) < 4.78 is 21.9. The zero-order valence-electron chi connectivity index (χ0n) is 22.7. The number of carbonyl (C=O) groups excluding carboxylic acids is 1. The number of hydrogen-bond acceptors (Lipinski definition) is 5. The topological polar surface area (TPSA) is 84.9 Å². The van der Waals surface area contributed by atoms with Gasteiger partial charge in [-0.1, -0.05) is 116 Å². The molecule has 7 heteroatoms. The van der Waals surface area contributed by atoms with E-state index in [4.69, 9.17) is 9.05 Å². The molecule has 2 atom stereocenters. The van der Waals surface area contributed by atoms with Crippen LogP contribution in [0.1, 0.15) is 136 Å². The normalized spacial score (nSPS) is 14.2. The number of nitrogens with one attached hydrogen (secondary N) is 1. The lowest BCUT2D eigenvalue weighted by atomic mass is 9.96. The second-order valence-corrected chi connectivity index (χ2v) is 11.4. The molecule has 2 N–H and O–H groups in total. The smallest absolute Gasteiger partial charge is 0.317 e. The maximum absolute atomic E-state index is 11.9. The van der Waals surface area contributed by atoms with Crippen LogP contribution in [0.2, 0.25) is 0 Å².